The quantitative estimate of drug-likeness (QED) is 0.733. The Labute approximate surface area is 166 Å². The highest BCUT2D eigenvalue weighted by Gasteiger charge is 2.40. The Balaban J connectivity index is 1.86. The number of nitrogens with one attached hydrogen (secondary N) is 1. The SMILES string of the molecule is CC(C)c1nc(S(=O)(=O)NCC(O)(c2ccccc2)C2CCOCC2)cn1C. The summed E-state index contributed by atoms with van der Waals surface area (Å²) < 4.78 is 35.5. The number of imidazole rings is 1. The van der Waals surface area contributed by atoms with Crippen molar-refractivity contribution >= 4 is 10.0 Å². The maximum absolute atomic E-state index is 12.9. The summed E-state index contributed by atoms with van der Waals surface area (Å²) in [7, 11) is -2.07. The molecule has 1 aromatic carbocycles. The van der Waals surface area contributed by atoms with Gasteiger partial charge >= 0.3 is 0 Å². The van der Waals surface area contributed by atoms with E-state index >= 15 is 0 Å². The minimum absolute atomic E-state index is 0.0268. The summed E-state index contributed by atoms with van der Waals surface area (Å²) in [5, 5.41) is 11.5. The highest BCUT2D eigenvalue weighted by Crippen LogP contribution is 2.36. The van der Waals surface area contributed by atoms with Crippen molar-refractivity contribution in [3.8, 4) is 0 Å². The minimum Gasteiger partial charge on any atom is -0.383 e. The van der Waals surface area contributed by atoms with Crippen LogP contribution in [-0.4, -0.2) is 42.8 Å². The highest BCUT2D eigenvalue weighted by atomic mass is 32.2. The first-order valence-corrected chi connectivity index (χ1v) is 11.1. The van der Waals surface area contributed by atoms with Gasteiger partial charge in [-0.2, -0.15) is 0 Å². The normalized spacial score (nSPS) is 18.3. The monoisotopic (exact) mass is 407 g/mol. The van der Waals surface area contributed by atoms with E-state index in [-0.39, 0.29) is 23.4 Å². The second-order valence-electron chi connectivity index (χ2n) is 7.70. The van der Waals surface area contributed by atoms with Crippen LogP contribution in [0.2, 0.25) is 0 Å². The third-order valence-electron chi connectivity index (χ3n) is 5.38. The van der Waals surface area contributed by atoms with Crippen LogP contribution in [0.1, 0.15) is 44.0 Å². The molecule has 1 aromatic heterocycles. The lowest BCUT2D eigenvalue weighted by Gasteiger charge is -2.39. The van der Waals surface area contributed by atoms with Gasteiger partial charge < -0.3 is 14.4 Å². The molecule has 1 aliphatic heterocycles. The minimum atomic E-state index is -3.85. The molecule has 1 saturated heterocycles. The summed E-state index contributed by atoms with van der Waals surface area (Å²) in [6.07, 6.45) is 2.86. The molecule has 0 aliphatic carbocycles. The standard InChI is InChI=1S/C20H29N3O4S/c1-15(2)19-22-18(13-23(19)3)28(25,26)21-14-20(24,16-7-5-4-6-8-16)17-9-11-27-12-10-17/h4-8,13,15,17,21,24H,9-12,14H2,1-3H3. The predicted octanol–water partition coefficient (Wildman–Crippen LogP) is 2.14. The van der Waals surface area contributed by atoms with Gasteiger partial charge in [0.25, 0.3) is 10.0 Å². The van der Waals surface area contributed by atoms with E-state index in [0.717, 1.165) is 0 Å². The molecule has 0 spiro atoms. The van der Waals surface area contributed by atoms with Crippen LogP contribution in [-0.2, 0) is 27.4 Å². The van der Waals surface area contributed by atoms with Gasteiger partial charge in [-0.15, -0.1) is 0 Å². The zero-order valence-corrected chi connectivity index (χ0v) is 17.4. The molecule has 7 nitrogen and oxygen atoms in total. The Morgan fingerprint density at radius 2 is 1.93 bits per heavy atom. The number of ether oxygens (including phenoxy) is 1. The molecule has 2 N–H and O–H groups in total. The second kappa shape index (κ2) is 8.32. The third kappa shape index (κ3) is 4.30. The van der Waals surface area contributed by atoms with Crippen LogP contribution in [0.3, 0.4) is 0 Å². The van der Waals surface area contributed by atoms with Crippen LogP contribution in [0.5, 0.6) is 0 Å². The number of benzene rings is 1. The first-order valence-electron chi connectivity index (χ1n) is 9.62. The van der Waals surface area contributed by atoms with Crippen molar-refractivity contribution in [2.75, 3.05) is 19.8 Å². The topological polar surface area (TPSA) is 93.5 Å². The van der Waals surface area contributed by atoms with Crippen LogP contribution in [0, 0.1) is 5.92 Å². The largest absolute Gasteiger partial charge is 0.383 e. The first kappa shape index (κ1) is 21.0. The Morgan fingerprint density at radius 1 is 1.29 bits per heavy atom. The van der Waals surface area contributed by atoms with Gasteiger partial charge in [-0.1, -0.05) is 44.2 Å². The number of nitrogens with zero attached hydrogens (tertiary/aromatic N) is 2. The van der Waals surface area contributed by atoms with E-state index in [1.165, 1.54) is 6.20 Å². The molecule has 0 bridgehead atoms. The molecular formula is C20H29N3O4S. The van der Waals surface area contributed by atoms with E-state index in [9.17, 15) is 13.5 Å². The zero-order chi connectivity index (χ0) is 20.4. The molecule has 0 amide bonds. The summed E-state index contributed by atoms with van der Waals surface area (Å²) in [6.45, 7) is 4.93. The van der Waals surface area contributed by atoms with Gasteiger partial charge in [0.2, 0.25) is 0 Å². The lowest BCUT2D eigenvalue weighted by Crippen LogP contribution is -2.47. The fourth-order valence-corrected chi connectivity index (χ4v) is 4.85. The number of aryl methyl sites for hydroxylation is 1. The lowest BCUT2D eigenvalue weighted by molar-refractivity contribution is -0.0664. The first-order chi connectivity index (χ1) is 13.2. The number of aliphatic hydroxyl groups is 1. The maximum Gasteiger partial charge on any atom is 0.259 e. The smallest absolute Gasteiger partial charge is 0.259 e. The molecule has 3 rings (SSSR count). The molecular weight excluding hydrogens is 378 g/mol. The Bertz CT molecular complexity index is 889. The van der Waals surface area contributed by atoms with Gasteiger partial charge in [0.1, 0.15) is 11.4 Å². The van der Waals surface area contributed by atoms with Gasteiger partial charge in [-0.05, 0) is 24.3 Å². The predicted molar refractivity (Wildman–Crippen MR) is 106 cm³/mol. The highest BCUT2D eigenvalue weighted by molar-refractivity contribution is 7.89. The van der Waals surface area contributed by atoms with Crippen molar-refractivity contribution in [3.63, 3.8) is 0 Å². The average molecular weight is 408 g/mol. The van der Waals surface area contributed by atoms with Crippen molar-refractivity contribution in [1.29, 1.82) is 0 Å². The molecule has 8 heteroatoms. The summed E-state index contributed by atoms with van der Waals surface area (Å²) in [4.78, 5) is 4.28. The van der Waals surface area contributed by atoms with Crippen molar-refractivity contribution in [1.82, 2.24) is 14.3 Å². The van der Waals surface area contributed by atoms with Gasteiger partial charge in [-0.3, -0.25) is 0 Å². The third-order valence-corrected chi connectivity index (χ3v) is 6.66. The molecule has 154 valence electrons. The van der Waals surface area contributed by atoms with Gasteiger partial charge in [0.15, 0.2) is 5.03 Å². The second-order valence-corrected chi connectivity index (χ2v) is 9.42. The number of rotatable bonds is 7. The fraction of sp³-hybridized carbons (Fsp3) is 0.550. The van der Waals surface area contributed by atoms with E-state index in [1.54, 1.807) is 11.6 Å². The molecule has 1 atom stereocenters. The molecule has 2 aromatic rings. The molecule has 0 saturated carbocycles. The van der Waals surface area contributed by atoms with E-state index < -0.39 is 15.6 Å². The van der Waals surface area contributed by atoms with Crippen LogP contribution in [0.25, 0.3) is 0 Å². The average Bonchev–Trinajstić information content (AvgIpc) is 3.10. The van der Waals surface area contributed by atoms with Gasteiger partial charge in [0, 0.05) is 38.9 Å². The molecule has 1 fully saturated rings. The van der Waals surface area contributed by atoms with Gasteiger partial charge in [-0.25, -0.2) is 18.1 Å². The van der Waals surface area contributed by atoms with Crippen molar-refractivity contribution in [2.24, 2.45) is 13.0 Å². The summed E-state index contributed by atoms with van der Waals surface area (Å²) in [5.74, 6) is 0.710. The van der Waals surface area contributed by atoms with Crippen LogP contribution in [0.15, 0.2) is 41.6 Å². The van der Waals surface area contributed by atoms with E-state index in [4.69, 9.17) is 4.74 Å². The van der Waals surface area contributed by atoms with Crippen molar-refractivity contribution in [3.05, 3.63) is 47.9 Å². The zero-order valence-electron chi connectivity index (χ0n) is 16.6. The number of aromatic nitrogens is 2. The molecule has 28 heavy (non-hydrogen) atoms. The molecule has 0 radical (unpaired) electrons. The van der Waals surface area contributed by atoms with Gasteiger partial charge in [0.05, 0.1) is 0 Å². The summed E-state index contributed by atoms with van der Waals surface area (Å²) in [6, 6.07) is 9.24. The van der Waals surface area contributed by atoms with E-state index in [1.807, 2.05) is 44.2 Å². The molecule has 2 heterocycles. The molecule has 1 unspecified atom stereocenters. The molecule has 1 aliphatic rings. The van der Waals surface area contributed by atoms with E-state index in [2.05, 4.69) is 9.71 Å². The Morgan fingerprint density at radius 3 is 2.50 bits per heavy atom. The number of sulfonamides is 1. The van der Waals surface area contributed by atoms with Crippen molar-refractivity contribution in [2.45, 2.75) is 43.2 Å². The summed E-state index contributed by atoms with van der Waals surface area (Å²) >= 11 is 0. The Hall–Kier alpha value is -1.74. The van der Waals surface area contributed by atoms with Crippen LogP contribution >= 0.6 is 0 Å². The number of hydrogen-bond donors (Lipinski definition) is 2. The van der Waals surface area contributed by atoms with Crippen molar-refractivity contribution < 1.29 is 18.3 Å². The maximum atomic E-state index is 12.9. The van der Waals surface area contributed by atoms with Crippen LogP contribution in [0.4, 0.5) is 0 Å². The van der Waals surface area contributed by atoms with E-state index in [0.29, 0.717) is 37.4 Å². The fourth-order valence-electron chi connectivity index (χ4n) is 3.78. The lowest BCUT2D eigenvalue weighted by atomic mass is 9.77. The summed E-state index contributed by atoms with van der Waals surface area (Å²) in [5.41, 5.74) is -0.609. The van der Waals surface area contributed by atoms with Crippen LogP contribution < -0.4 is 4.72 Å². The number of hydrogen-bond acceptors (Lipinski definition) is 5. The Kier molecular flexibility index (Phi) is 6.24.